The van der Waals surface area contributed by atoms with Crippen LogP contribution in [0, 0.1) is 23.7 Å². The van der Waals surface area contributed by atoms with Crippen LogP contribution in [0.1, 0.15) is 44.1 Å². The highest BCUT2D eigenvalue weighted by atomic mass is 16.5. The van der Waals surface area contributed by atoms with Crippen molar-refractivity contribution in [1.29, 1.82) is 0 Å². The number of ether oxygens (including phenoxy) is 1. The van der Waals surface area contributed by atoms with Crippen LogP contribution in [0.2, 0.25) is 0 Å². The highest BCUT2D eigenvalue weighted by Gasteiger charge is 2.57. The van der Waals surface area contributed by atoms with Crippen molar-refractivity contribution < 1.29 is 24.2 Å². The molecule has 1 heterocycles. The van der Waals surface area contributed by atoms with Gasteiger partial charge in [0.15, 0.2) is 5.69 Å². The zero-order chi connectivity index (χ0) is 22.0. The van der Waals surface area contributed by atoms with Crippen molar-refractivity contribution in [2.24, 2.45) is 23.7 Å². The van der Waals surface area contributed by atoms with Crippen LogP contribution in [0.25, 0.3) is 0 Å². The second-order valence-electron chi connectivity index (χ2n) is 8.12. The van der Waals surface area contributed by atoms with Crippen LogP contribution in [0.5, 0.6) is 0 Å². The van der Waals surface area contributed by atoms with E-state index in [1.165, 1.54) is 0 Å². The SMILES string of the molecule is CCn1cc(NC(=O)[C@H]2[C@H](C(=O)O)[C@H]3CC[C@H]2C3=C(C)C)c(C(=O)NCCOC)n1. The van der Waals surface area contributed by atoms with Crippen LogP contribution in [0.15, 0.2) is 17.3 Å². The predicted octanol–water partition coefficient (Wildman–Crippen LogP) is 1.91. The Hall–Kier alpha value is -2.68. The number of carbonyl (C=O) groups excluding carboxylic acids is 2. The van der Waals surface area contributed by atoms with E-state index < -0.39 is 23.7 Å². The number of aryl methyl sites for hydroxylation is 1. The van der Waals surface area contributed by atoms with E-state index in [1.807, 2.05) is 20.8 Å². The van der Waals surface area contributed by atoms with Gasteiger partial charge in [-0.3, -0.25) is 19.1 Å². The van der Waals surface area contributed by atoms with Crippen molar-refractivity contribution in [3.63, 3.8) is 0 Å². The van der Waals surface area contributed by atoms with Gasteiger partial charge in [0.2, 0.25) is 5.91 Å². The summed E-state index contributed by atoms with van der Waals surface area (Å²) >= 11 is 0. The summed E-state index contributed by atoms with van der Waals surface area (Å²) in [4.78, 5) is 37.8. The molecule has 0 radical (unpaired) electrons. The largest absolute Gasteiger partial charge is 0.481 e. The Kier molecular flexibility index (Phi) is 6.60. The number of carboxylic acid groups (broad SMARTS) is 1. The number of aliphatic carboxylic acids is 1. The summed E-state index contributed by atoms with van der Waals surface area (Å²) in [5.41, 5.74) is 2.62. The van der Waals surface area contributed by atoms with Crippen molar-refractivity contribution in [3.8, 4) is 0 Å². The van der Waals surface area contributed by atoms with E-state index in [0.29, 0.717) is 25.4 Å². The lowest BCUT2D eigenvalue weighted by molar-refractivity contribution is -0.148. The van der Waals surface area contributed by atoms with Crippen LogP contribution in [-0.2, 0) is 20.9 Å². The van der Waals surface area contributed by atoms with Crippen LogP contribution < -0.4 is 10.6 Å². The van der Waals surface area contributed by atoms with E-state index in [1.54, 1.807) is 18.0 Å². The molecule has 0 saturated heterocycles. The number of hydrogen-bond acceptors (Lipinski definition) is 5. The Morgan fingerprint density at radius 3 is 2.47 bits per heavy atom. The summed E-state index contributed by atoms with van der Waals surface area (Å²) in [5.74, 6) is -3.28. The van der Waals surface area contributed by atoms with Crippen LogP contribution in [0.4, 0.5) is 5.69 Å². The van der Waals surface area contributed by atoms with Gasteiger partial charge in [-0.2, -0.15) is 5.10 Å². The molecule has 2 saturated carbocycles. The summed E-state index contributed by atoms with van der Waals surface area (Å²) in [7, 11) is 1.54. The number of allylic oxidation sites excluding steroid dienone is 2. The molecule has 0 aliphatic heterocycles. The molecule has 1 aromatic heterocycles. The second kappa shape index (κ2) is 8.99. The average molecular weight is 418 g/mol. The standard InChI is InChI=1S/C21H30N4O5/c1-5-25-10-14(18(24-25)20(27)22-8-9-30-4)23-19(26)16-12-6-7-13(15(12)11(2)3)17(16)21(28)29/h10,12-13,16-17H,5-9H2,1-4H3,(H,22,27)(H,23,26)(H,28,29)/t12-,13-,16+,17+/m0/s1. The third-order valence-electron chi connectivity index (χ3n) is 6.16. The van der Waals surface area contributed by atoms with E-state index in [4.69, 9.17) is 4.74 Å². The number of nitrogens with zero attached hydrogens (tertiary/aromatic N) is 2. The fourth-order valence-corrected chi connectivity index (χ4v) is 5.01. The maximum atomic E-state index is 13.2. The van der Waals surface area contributed by atoms with E-state index in [-0.39, 0.29) is 23.4 Å². The highest BCUT2D eigenvalue weighted by Crippen LogP contribution is 2.57. The van der Waals surface area contributed by atoms with Gasteiger partial charge in [-0.15, -0.1) is 0 Å². The van der Waals surface area contributed by atoms with Crippen LogP contribution in [-0.4, -0.2) is 52.9 Å². The van der Waals surface area contributed by atoms with E-state index in [9.17, 15) is 19.5 Å². The highest BCUT2D eigenvalue weighted by molar-refractivity contribution is 6.03. The van der Waals surface area contributed by atoms with Crippen molar-refractivity contribution in [2.75, 3.05) is 25.6 Å². The summed E-state index contributed by atoms with van der Waals surface area (Å²) in [6.45, 7) is 7.05. The summed E-state index contributed by atoms with van der Waals surface area (Å²) in [5, 5.41) is 19.6. The van der Waals surface area contributed by atoms with E-state index >= 15 is 0 Å². The van der Waals surface area contributed by atoms with Gasteiger partial charge in [0, 0.05) is 26.4 Å². The van der Waals surface area contributed by atoms with Gasteiger partial charge in [-0.05, 0) is 45.4 Å². The molecule has 3 N–H and O–H groups in total. The topological polar surface area (TPSA) is 123 Å². The molecule has 164 valence electrons. The number of amides is 2. The first-order valence-corrected chi connectivity index (χ1v) is 10.4. The molecule has 2 fully saturated rings. The summed E-state index contributed by atoms with van der Waals surface area (Å²) < 4.78 is 6.51. The Balaban J connectivity index is 1.85. The summed E-state index contributed by atoms with van der Waals surface area (Å²) in [6, 6.07) is 0. The number of anilines is 1. The minimum absolute atomic E-state index is 0.0682. The number of rotatable bonds is 8. The molecule has 9 heteroatoms. The maximum absolute atomic E-state index is 13.2. The lowest BCUT2D eigenvalue weighted by atomic mass is 9.78. The molecule has 0 unspecified atom stereocenters. The van der Waals surface area contributed by atoms with Gasteiger partial charge >= 0.3 is 5.97 Å². The van der Waals surface area contributed by atoms with Crippen molar-refractivity contribution in [2.45, 2.75) is 40.2 Å². The molecule has 0 spiro atoms. The quantitative estimate of drug-likeness (QED) is 0.438. The second-order valence-corrected chi connectivity index (χ2v) is 8.12. The van der Waals surface area contributed by atoms with Crippen molar-refractivity contribution in [3.05, 3.63) is 23.0 Å². The van der Waals surface area contributed by atoms with Gasteiger partial charge in [-0.25, -0.2) is 0 Å². The first-order valence-electron chi connectivity index (χ1n) is 10.4. The number of methoxy groups -OCH3 is 1. The molecular formula is C21H30N4O5. The molecule has 9 nitrogen and oxygen atoms in total. The zero-order valence-electron chi connectivity index (χ0n) is 17.9. The van der Waals surface area contributed by atoms with Gasteiger partial charge in [-0.1, -0.05) is 11.1 Å². The van der Waals surface area contributed by atoms with Gasteiger partial charge < -0.3 is 20.5 Å². The molecule has 0 aromatic carbocycles. The Morgan fingerprint density at radius 2 is 1.90 bits per heavy atom. The molecule has 2 aliphatic rings. The number of carboxylic acids is 1. The Morgan fingerprint density at radius 1 is 1.23 bits per heavy atom. The summed E-state index contributed by atoms with van der Waals surface area (Å²) in [6.07, 6.45) is 3.21. The molecular weight excluding hydrogens is 388 g/mol. The minimum Gasteiger partial charge on any atom is -0.481 e. The third-order valence-corrected chi connectivity index (χ3v) is 6.16. The van der Waals surface area contributed by atoms with Gasteiger partial charge in [0.05, 0.1) is 24.1 Å². The Labute approximate surface area is 175 Å². The van der Waals surface area contributed by atoms with Crippen LogP contribution >= 0.6 is 0 Å². The number of fused-ring (bicyclic) bond motifs is 2. The molecule has 2 aliphatic carbocycles. The third kappa shape index (κ3) is 3.98. The normalized spacial score (nSPS) is 24.7. The van der Waals surface area contributed by atoms with Crippen LogP contribution in [0.3, 0.4) is 0 Å². The van der Waals surface area contributed by atoms with Crippen molar-refractivity contribution in [1.82, 2.24) is 15.1 Å². The number of aromatic nitrogens is 2. The Bertz CT molecular complexity index is 871. The monoisotopic (exact) mass is 418 g/mol. The lowest BCUT2D eigenvalue weighted by Gasteiger charge is -2.26. The first-order chi connectivity index (χ1) is 14.3. The van der Waals surface area contributed by atoms with E-state index in [0.717, 1.165) is 24.0 Å². The molecule has 30 heavy (non-hydrogen) atoms. The minimum atomic E-state index is -0.942. The fourth-order valence-electron chi connectivity index (χ4n) is 5.01. The van der Waals surface area contributed by atoms with Crippen molar-refractivity contribution >= 4 is 23.5 Å². The number of carbonyl (C=O) groups is 3. The first kappa shape index (κ1) is 22.0. The van der Waals surface area contributed by atoms with Gasteiger partial charge in [0.1, 0.15) is 0 Å². The zero-order valence-corrected chi connectivity index (χ0v) is 17.9. The molecule has 3 rings (SSSR count). The smallest absolute Gasteiger partial charge is 0.307 e. The fraction of sp³-hybridized carbons (Fsp3) is 0.619. The average Bonchev–Trinajstić information content (AvgIpc) is 3.38. The molecule has 2 amide bonds. The predicted molar refractivity (Wildman–Crippen MR) is 110 cm³/mol. The van der Waals surface area contributed by atoms with E-state index in [2.05, 4.69) is 15.7 Å². The molecule has 2 bridgehead atoms. The number of hydrogen-bond donors (Lipinski definition) is 3. The maximum Gasteiger partial charge on any atom is 0.307 e. The molecule has 1 aromatic rings. The molecule has 4 atom stereocenters. The lowest BCUT2D eigenvalue weighted by Crippen LogP contribution is -2.38. The number of nitrogens with one attached hydrogen (secondary N) is 2. The van der Waals surface area contributed by atoms with Gasteiger partial charge in [0.25, 0.3) is 5.91 Å².